The number of thioether (sulfide) groups is 1. The molecule has 0 aliphatic carbocycles. The lowest BCUT2D eigenvalue weighted by molar-refractivity contribution is 0.598. The number of sulfonamides is 1. The third-order valence-electron chi connectivity index (χ3n) is 2.61. The standard InChI is InChI=1S/C12H21N3O2S2/c1-3-18-7-6-9(2)15-11-5-4-10(13)8-12(11)19(14,16)17/h4-5,8-9,15H,3,6-7,13H2,1-2H3,(H2,14,16,17). The Kier molecular flexibility index (Phi) is 5.96. The van der Waals surface area contributed by atoms with E-state index < -0.39 is 10.0 Å². The number of nitrogens with two attached hydrogens (primary N) is 2. The highest BCUT2D eigenvalue weighted by Gasteiger charge is 2.15. The molecule has 0 aliphatic rings. The Hall–Kier alpha value is -0.920. The molecule has 5 nitrogen and oxygen atoms in total. The van der Waals surface area contributed by atoms with Crippen LogP contribution in [-0.2, 0) is 10.0 Å². The Morgan fingerprint density at radius 3 is 2.68 bits per heavy atom. The molecule has 0 saturated carbocycles. The average Bonchev–Trinajstić information content (AvgIpc) is 2.30. The van der Waals surface area contributed by atoms with Crippen molar-refractivity contribution in [2.75, 3.05) is 22.6 Å². The topological polar surface area (TPSA) is 98.2 Å². The van der Waals surface area contributed by atoms with Crippen molar-refractivity contribution >= 4 is 33.2 Å². The van der Waals surface area contributed by atoms with Crippen LogP contribution in [0.3, 0.4) is 0 Å². The van der Waals surface area contributed by atoms with E-state index in [1.54, 1.807) is 12.1 Å². The molecule has 7 heteroatoms. The molecule has 0 aromatic heterocycles. The molecule has 0 spiro atoms. The molecule has 0 heterocycles. The van der Waals surface area contributed by atoms with Gasteiger partial charge in [-0.3, -0.25) is 0 Å². The van der Waals surface area contributed by atoms with Crippen molar-refractivity contribution in [3.05, 3.63) is 18.2 Å². The normalized spacial score (nSPS) is 13.2. The fraction of sp³-hybridized carbons (Fsp3) is 0.500. The molecule has 0 radical (unpaired) electrons. The molecule has 1 rings (SSSR count). The molecule has 0 aliphatic heterocycles. The lowest BCUT2D eigenvalue weighted by Gasteiger charge is -2.17. The van der Waals surface area contributed by atoms with Gasteiger partial charge < -0.3 is 11.1 Å². The van der Waals surface area contributed by atoms with E-state index in [1.807, 2.05) is 18.7 Å². The summed E-state index contributed by atoms with van der Waals surface area (Å²) < 4.78 is 23.1. The molecular weight excluding hydrogens is 282 g/mol. The number of hydrogen-bond acceptors (Lipinski definition) is 5. The Morgan fingerprint density at radius 2 is 2.11 bits per heavy atom. The summed E-state index contributed by atoms with van der Waals surface area (Å²) in [6, 6.07) is 4.86. The fourth-order valence-electron chi connectivity index (χ4n) is 1.64. The summed E-state index contributed by atoms with van der Waals surface area (Å²) in [5.41, 5.74) is 6.49. The SMILES string of the molecule is CCSCCC(C)Nc1ccc(N)cc1S(N)(=O)=O. The first-order valence-corrected chi connectivity index (χ1v) is 8.81. The van der Waals surface area contributed by atoms with Gasteiger partial charge in [-0.2, -0.15) is 11.8 Å². The lowest BCUT2D eigenvalue weighted by atomic mass is 10.2. The molecule has 0 bridgehead atoms. The number of benzene rings is 1. The van der Waals surface area contributed by atoms with Crippen molar-refractivity contribution in [3.8, 4) is 0 Å². The summed E-state index contributed by atoms with van der Waals surface area (Å²) in [4.78, 5) is 0.0440. The first kappa shape index (κ1) is 16.1. The Morgan fingerprint density at radius 1 is 1.42 bits per heavy atom. The van der Waals surface area contributed by atoms with Gasteiger partial charge in [0.2, 0.25) is 10.0 Å². The first-order chi connectivity index (χ1) is 8.84. The van der Waals surface area contributed by atoms with Gasteiger partial charge in [0.05, 0.1) is 5.69 Å². The largest absolute Gasteiger partial charge is 0.399 e. The first-order valence-electron chi connectivity index (χ1n) is 6.11. The van der Waals surface area contributed by atoms with Crippen molar-refractivity contribution in [2.24, 2.45) is 5.14 Å². The van der Waals surface area contributed by atoms with Crippen LogP contribution >= 0.6 is 11.8 Å². The molecule has 1 unspecified atom stereocenters. The van der Waals surface area contributed by atoms with Crippen molar-refractivity contribution in [1.82, 2.24) is 0 Å². The highest BCUT2D eigenvalue weighted by molar-refractivity contribution is 7.99. The zero-order valence-electron chi connectivity index (χ0n) is 11.2. The van der Waals surface area contributed by atoms with Crippen LogP contribution < -0.4 is 16.2 Å². The van der Waals surface area contributed by atoms with E-state index in [2.05, 4.69) is 12.2 Å². The molecule has 1 aromatic carbocycles. The van der Waals surface area contributed by atoms with Crippen molar-refractivity contribution in [2.45, 2.75) is 31.2 Å². The molecule has 5 N–H and O–H groups in total. The molecule has 19 heavy (non-hydrogen) atoms. The van der Waals surface area contributed by atoms with Crippen LogP contribution in [0.5, 0.6) is 0 Å². The number of hydrogen-bond donors (Lipinski definition) is 3. The molecule has 108 valence electrons. The summed E-state index contributed by atoms with van der Waals surface area (Å²) in [7, 11) is -3.77. The third kappa shape index (κ3) is 5.30. The van der Waals surface area contributed by atoms with Crippen LogP contribution in [0, 0.1) is 0 Å². The van der Waals surface area contributed by atoms with E-state index in [4.69, 9.17) is 10.9 Å². The van der Waals surface area contributed by atoms with Crippen molar-refractivity contribution in [3.63, 3.8) is 0 Å². The van der Waals surface area contributed by atoms with Gasteiger partial charge in [0, 0.05) is 11.7 Å². The van der Waals surface area contributed by atoms with Gasteiger partial charge in [0.25, 0.3) is 0 Å². The molecule has 1 atom stereocenters. The predicted octanol–water partition coefficient (Wildman–Crippen LogP) is 1.86. The van der Waals surface area contributed by atoms with Gasteiger partial charge in [0.1, 0.15) is 4.90 Å². The second kappa shape index (κ2) is 7.02. The Labute approximate surface area is 119 Å². The maximum absolute atomic E-state index is 11.5. The summed E-state index contributed by atoms with van der Waals surface area (Å²) in [6.07, 6.45) is 0.951. The van der Waals surface area contributed by atoms with Crippen LogP contribution in [0.15, 0.2) is 23.1 Å². The van der Waals surface area contributed by atoms with Gasteiger partial charge in [-0.25, -0.2) is 13.6 Å². The highest BCUT2D eigenvalue weighted by Crippen LogP contribution is 2.24. The van der Waals surface area contributed by atoms with Crippen molar-refractivity contribution in [1.29, 1.82) is 0 Å². The zero-order valence-corrected chi connectivity index (χ0v) is 12.9. The Balaban J connectivity index is 2.83. The minimum atomic E-state index is -3.77. The quantitative estimate of drug-likeness (QED) is 0.527. The summed E-state index contributed by atoms with van der Waals surface area (Å²) in [5.74, 6) is 2.11. The number of nitrogen functional groups attached to an aromatic ring is 1. The van der Waals surface area contributed by atoms with Crippen molar-refractivity contribution < 1.29 is 8.42 Å². The molecule has 0 fully saturated rings. The number of anilines is 2. The molecular formula is C12H21N3O2S2. The van der Waals surface area contributed by atoms with Crippen LogP contribution in [0.25, 0.3) is 0 Å². The minimum absolute atomic E-state index is 0.0440. The second-order valence-electron chi connectivity index (χ2n) is 4.33. The lowest BCUT2D eigenvalue weighted by Crippen LogP contribution is -2.20. The molecule has 1 aromatic rings. The van der Waals surface area contributed by atoms with Crippen LogP contribution in [0.4, 0.5) is 11.4 Å². The number of primary sulfonamides is 1. The van der Waals surface area contributed by atoms with Gasteiger partial charge in [-0.15, -0.1) is 0 Å². The zero-order chi connectivity index (χ0) is 14.5. The van der Waals surface area contributed by atoms with Gasteiger partial charge in [-0.1, -0.05) is 6.92 Å². The number of nitrogens with one attached hydrogen (secondary N) is 1. The average molecular weight is 303 g/mol. The Bertz CT molecular complexity index is 518. The maximum Gasteiger partial charge on any atom is 0.240 e. The van der Waals surface area contributed by atoms with E-state index in [-0.39, 0.29) is 10.9 Å². The van der Waals surface area contributed by atoms with Crippen LogP contribution in [0.1, 0.15) is 20.3 Å². The van der Waals surface area contributed by atoms with E-state index in [1.165, 1.54) is 6.07 Å². The molecule has 0 amide bonds. The van der Waals surface area contributed by atoms with Gasteiger partial charge in [0.15, 0.2) is 0 Å². The van der Waals surface area contributed by atoms with E-state index in [9.17, 15) is 8.42 Å². The summed E-state index contributed by atoms with van der Waals surface area (Å²) in [5, 5.41) is 8.37. The fourth-order valence-corrected chi connectivity index (χ4v) is 3.18. The predicted molar refractivity (Wildman–Crippen MR) is 82.9 cm³/mol. The van der Waals surface area contributed by atoms with E-state index in [0.717, 1.165) is 17.9 Å². The third-order valence-corrected chi connectivity index (χ3v) is 4.50. The van der Waals surface area contributed by atoms with Crippen LogP contribution in [-0.4, -0.2) is 26.0 Å². The van der Waals surface area contributed by atoms with Gasteiger partial charge >= 0.3 is 0 Å². The van der Waals surface area contributed by atoms with E-state index in [0.29, 0.717) is 11.4 Å². The minimum Gasteiger partial charge on any atom is -0.399 e. The highest BCUT2D eigenvalue weighted by atomic mass is 32.2. The molecule has 0 saturated heterocycles. The van der Waals surface area contributed by atoms with Crippen LogP contribution in [0.2, 0.25) is 0 Å². The smallest absolute Gasteiger partial charge is 0.240 e. The maximum atomic E-state index is 11.5. The number of rotatable bonds is 7. The summed E-state index contributed by atoms with van der Waals surface area (Å²) >= 11 is 1.86. The van der Waals surface area contributed by atoms with E-state index >= 15 is 0 Å². The van der Waals surface area contributed by atoms with Gasteiger partial charge in [-0.05, 0) is 43.0 Å². The second-order valence-corrected chi connectivity index (χ2v) is 7.26. The summed E-state index contributed by atoms with van der Waals surface area (Å²) in [6.45, 7) is 4.13. The monoisotopic (exact) mass is 303 g/mol.